The van der Waals surface area contributed by atoms with E-state index in [0.29, 0.717) is 0 Å². The van der Waals surface area contributed by atoms with Gasteiger partial charge < -0.3 is 5.11 Å². The summed E-state index contributed by atoms with van der Waals surface area (Å²) in [6.07, 6.45) is 7.12. The van der Waals surface area contributed by atoms with Crippen molar-refractivity contribution in [3.05, 3.63) is 0 Å². The van der Waals surface area contributed by atoms with Gasteiger partial charge in [0.05, 0.1) is 6.10 Å². The molecule has 1 atom stereocenters. The second-order valence-corrected chi connectivity index (χ2v) is 4.54. The summed E-state index contributed by atoms with van der Waals surface area (Å²) < 4.78 is 0. The van der Waals surface area contributed by atoms with Gasteiger partial charge in [-0.15, -0.1) is 0 Å². The number of rotatable bonds is 7. The second kappa shape index (κ2) is 6.42. The number of aliphatic hydroxyl groups excluding tert-OH is 1. The van der Waals surface area contributed by atoms with E-state index < -0.39 is 0 Å². The van der Waals surface area contributed by atoms with Crippen LogP contribution in [0.5, 0.6) is 0 Å². The van der Waals surface area contributed by atoms with Crippen molar-refractivity contribution in [2.45, 2.75) is 72.3 Å². The summed E-state index contributed by atoms with van der Waals surface area (Å²) in [5.74, 6) is 0. The van der Waals surface area contributed by atoms with E-state index in [0.717, 1.165) is 0 Å². The van der Waals surface area contributed by atoms with Crippen molar-refractivity contribution in [1.82, 2.24) is 0 Å². The molecule has 0 aliphatic heterocycles. The molecule has 1 nitrogen and oxygen atoms in total. The van der Waals surface area contributed by atoms with Crippen molar-refractivity contribution in [2.24, 2.45) is 5.41 Å². The van der Waals surface area contributed by atoms with Crippen LogP contribution in [-0.4, -0.2) is 11.2 Å². The summed E-state index contributed by atoms with van der Waals surface area (Å²) in [5, 5.41) is 9.72. The van der Waals surface area contributed by atoms with Crippen LogP contribution in [0.4, 0.5) is 0 Å². The van der Waals surface area contributed by atoms with Gasteiger partial charge in [0.15, 0.2) is 0 Å². The Morgan fingerprint density at radius 3 is 1.69 bits per heavy atom. The summed E-state index contributed by atoms with van der Waals surface area (Å²) in [4.78, 5) is 0. The number of unbranched alkanes of at least 4 members (excludes halogenated alkanes) is 2. The largest absolute Gasteiger partial charge is 0.393 e. The van der Waals surface area contributed by atoms with Gasteiger partial charge in [-0.05, 0) is 25.2 Å². The third-order valence-corrected chi connectivity index (χ3v) is 3.21. The van der Waals surface area contributed by atoms with Crippen molar-refractivity contribution in [1.29, 1.82) is 0 Å². The zero-order valence-corrected chi connectivity index (χ0v) is 9.77. The molecule has 0 aromatic carbocycles. The lowest BCUT2D eigenvalue weighted by molar-refractivity contribution is 0.0353. The molecule has 0 aromatic rings. The van der Waals surface area contributed by atoms with Crippen molar-refractivity contribution in [2.75, 3.05) is 0 Å². The Labute approximate surface area is 83.5 Å². The molecule has 0 bridgehead atoms. The first-order chi connectivity index (χ1) is 6.06. The smallest absolute Gasteiger partial charge is 0.0565 e. The van der Waals surface area contributed by atoms with Crippen LogP contribution in [0.15, 0.2) is 0 Å². The fraction of sp³-hybridized carbons (Fsp3) is 1.00. The molecule has 0 rings (SSSR count). The standard InChI is InChI=1S/C12H26O/c1-5-7-9-12(4,11(3)13)10-8-6-2/h11,13H,5-10H2,1-4H3. The summed E-state index contributed by atoms with van der Waals surface area (Å²) in [6, 6.07) is 0. The molecule has 1 unspecified atom stereocenters. The van der Waals surface area contributed by atoms with Gasteiger partial charge in [-0.3, -0.25) is 0 Å². The molecule has 1 N–H and O–H groups in total. The molecule has 0 spiro atoms. The van der Waals surface area contributed by atoms with Crippen LogP contribution in [-0.2, 0) is 0 Å². The first kappa shape index (κ1) is 13.0. The van der Waals surface area contributed by atoms with Crippen molar-refractivity contribution in [3.8, 4) is 0 Å². The van der Waals surface area contributed by atoms with E-state index in [9.17, 15) is 5.11 Å². The van der Waals surface area contributed by atoms with E-state index >= 15 is 0 Å². The van der Waals surface area contributed by atoms with E-state index in [1.54, 1.807) is 0 Å². The van der Waals surface area contributed by atoms with Gasteiger partial charge in [0, 0.05) is 0 Å². The molecule has 0 heterocycles. The molecule has 0 saturated carbocycles. The number of hydrogen-bond donors (Lipinski definition) is 1. The minimum atomic E-state index is -0.161. The van der Waals surface area contributed by atoms with Crippen molar-refractivity contribution in [3.63, 3.8) is 0 Å². The van der Waals surface area contributed by atoms with Crippen LogP contribution in [0, 0.1) is 5.41 Å². The summed E-state index contributed by atoms with van der Waals surface area (Å²) in [6.45, 7) is 8.58. The van der Waals surface area contributed by atoms with Gasteiger partial charge in [0.25, 0.3) is 0 Å². The fourth-order valence-corrected chi connectivity index (χ4v) is 1.70. The summed E-state index contributed by atoms with van der Waals surface area (Å²) in [5.41, 5.74) is 0.159. The molecule has 0 aliphatic rings. The molecule has 0 aromatic heterocycles. The third kappa shape index (κ3) is 4.66. The highest BCUT2D eigenvalue weighted by molar-refractivity contribution is 4.79. The maximum atomic E-state index is 9.72. The summed E-state index contributed by atoms with van der Waals surface area (Å²) in [7, 11) is 0. The minimum Gasteiger partial charge on any atom is -0.393 e. The van der Waals surface area contributed by atoms with E-state index in [4.69, 9.17) is 0 Å². The lowest BCUT2D eigenvalue weighted by Gasteiger charge is -2.32. The van der Waals surface area contributed by atoms with E-state index in [-0.39, 0.29) is 11.5 Å². The highest BCUT2D eigenvalue weighted by Crippen LogP contribution is 2.33. The maximum absolute atomic E-state index is 9.72. The highest BCUT2D eigenvalue weighted by Gasteiger charge is 2.28. The number of aliphatic hydroxyl groups is 1. The Balaban J connectivity index is 4.00. The van der Waals surface area contributed by atoms with Crippen LogP contribution in [0.25, 0.3) is 0 Å². The monoisotopic (exact) mass is 186 g/mol. The Morgan fingerprint density at radius 1 is 1.08 bits per heavy atom. The van der Waals surface area contributed by atoms with E-state index in [2.05, 4.69) is 20.8 Å². The molecule has 1 heteroatoms. The van der Waals surface area contributed by atoms with Gasteiger partial charge >= 0.3 is 0 Å². The van der Waals surface area contributed by atoms with Gasteiger partial charge in [0.1, 0.15) is 0 Å². The predicted molar refractivity (Wildman–Crippen MR) is 58.8 cm³/mol. The Hall–Kier alpha value is -0.0400. The zero-order chi connectivity index (χ0) is 10.3. The topological polar surface area (TPSA) is 20.2 Å². The maximum Gasteiger partial charge on any atom is 0.0565 e. The van der Waals surface area contributed by atoms with Crippen molar-refractivity contribution < 1.29 is 5.11 Å². The Bertz CT molecular complexity index is 110. The molecule has 0 amide bonds. The van der Waals surface area contributed by atoms with Crippen molar-refractivity contribution >= 4 is 0 Å². The minimum absolute atomic E-state index is 0.159. The van der Waals surface area contributed by atoms with Crippen LogP contribution in [0.2, 0.25) is 0 Å². The van der Waals surface area contributed by atoms with Gasteiger partial charge in [-0.2, -0.15) is 0 Å². The van der Waals surface area contributed by atoms with Crippen LogP contribution < -0.4 is 0 Å². The van der Waals surface area contributed by atoms with E-state index in [1.165, 1.54) is 38.5 Å². The van der Waals surface area contributed by atoms with Gasteiger partial charge in [0.2, 0.25) is 0 Å². The van der Waals surface area contributed by atoms with Crippen LogP contribution in [0.3, 0.4) is 0 Å². The first-order valence-electron chi connectivity index (χ1n) is 5.75. The zero-order valence-electron chi connectivity index (χ0n) is 9.77. The summed E-state index contributed by atoms with van der Waals surface area (Å²) >= 11 is 0. The molecule has 0 radical (unpaired) electrons. The molecular formula is C12H26O. The van der Waals surface area contributed by atoms with Crippen LogP contribution >= 0.6 is 0 Å². The first-order valence-corrected chi connectivity index (χ1v) is 5.75. The average Bonchev–Trinajstić information content (AvgIpc) is 2.11. The molecule has 0 fully saturated rings. The Kier molecular flexibility index (Phi) is 6.40. The molecule has 0 saturated heterocycles. The molecular weight excluding hydrogens is 160 g/mol. The average molecular weight is 186 g/mol. The highest BCUT2D eigenvalue weighted by atomic mass is 16.3. The normalized spacial score (nSPS) is 14.5. The Morgan fingerprint density at radius 2 is 1.46 bits per heavy atom. The lowest BCUT2D eigenvalue weighted by Crippen LogP contribution is -2.29. The quantitative estimate of drug-likeness (QED) is 0.642. The molecule has 0 aliphatic carbocycles. The number of hydrogen-bond acceptors (Lipinski definition) is 1. The predicted octanol–water partition coefficient (Wildman–Crippen LogP) is 3.75. The van der Waals surface area contributed by atoms with Gasteiger partial charge in [-0.1, -0.05) is 46.5 Å². The second-order valence-electron chi connectivity index (χ2n) is 4.54. The molecule has 13 heavy (non-hydrogen) atoms. The SMILES string of the molecule is CCCCC(C)(CCCC)C(C)O. The lowest BCUT2D eigenvalue weighted by atomic mass is 9.76. The molecule has 80 valence electrons. The third-order valence-electron chi connectivity index (χ3n) is 3.21. The van der Waals surface area contributed by atoms with Crippen LogP contribution in [0.1, 0.15) is 66.2 Å². The fourth-order valence-electron chi connectivity index (χ4n) is 1.70. The van der Waals surface area contributed by atoms with E-state index in [1.807, 2.05) is 6.92 Å². The van der Waals surface area contributed by atoms with Gasteiger partial charge in [-0.25, -0.2) is 0 Å².